The second kappa shape index (κ2) is 6.33. The molecule has 5 nitrogen and oxygen atoms in total. The Morgan fingerprint density at radius 1 is 1.31 bits per heavy atom. The van der Waals surface area contributed by atoms with Crippen molar-refractivity contribution in [1.29, 1.82) is 0 Å². The summed E-state index contributed by atoms with van der Waals surface area (Å²) in [6.07, 6.45) is 3.38. The lowest BCUT2D eigenvalue weighted by Gasteiger charge is -2.03. The van der Waals surface area contributed by atoms with E-state index in [0.29, 0.717) is 32.3 Å². The van der Waals surface area contributed by atoms with E-state index in [0.717, 1.165) is 0 Å². The van der Waals surface area contributed by atoms with Gasteiger partial charge in [0.15, 0.2) is 0 Å². The summed E-state index contributed by atoms with van der Waals surface area (Å²) < 4.78 is 5.16. The molecule has 0 saturated carbocycles. The average molecular weight is 182 g/mol. The Hall–Kier alpha value is -1.20. The highest BCUT2D eigenvalue weighted by Crippen LogP contribution is 1.91. The molecule has 0 aromatic carbocycles. The van der Waals surface area contributed by atoms with Crippen LogP contribution < -0.4 is 11.1 Å². The summed E-state index contributed by atoms with van der Waals surface area (Å²) in [6.45, 7) is 2.47. The molecule has 1 heterocycles. The minimum atomic E-state index is 0.557. The number of anilines is 1. The van der Waals surface area contributed by atoms with Crippen molar-refractivity contribution in [3.05, 3.63) is 18.5 Å². The second-order valence-corrected chi connectivity index (χ2v) is 2.40. The van der Waals surface area contributed by atoms with Gasteiger partial charge in [-0.05, 0) is 6.07 Å². The number of nitrogens with two attached hydrogens (primary N) is 1. The third kappa shape index (κ3) is 4.39. The van der Waals surface area contributed by atoms with E-state index in [1.807, 2.05) is 0 Å². The summed E-state index contributed by atoms with van der Waals surface area (Å²) in [5.41, 5.74) is 5.25. The lowest BCUT2D eigenvalue weighted by atomic mass is 10.6. The van der Waals surface area contributed by atoms with Crippen LogP contribution in [0.25, 0.3) is 0 Å². The standard InChI is InChI=1S/C8H14N4O/c9-2-6-13-7-5-12-8-10-3-1-4-11-8/h1,3-4H,2,5-7,9H2,(H,10,11,12). The fraction of sp³-hybridized carbons (Fsp3) is 0.500. The monoisotopic (exact) mass is 182 g/mol. The van der Waals surface area contributed by atoms with Crippen molar-refractivity contribution >= 4 is 5.95 Å². The lowest BCUT2D eigenvalue weighted by molar-refractivity contribution is 0.151. The predicted molar refractivity (Wildman–Crippen MR) is 50.4 cm³/mol. The molecule has 0 spiro atoms. The quantitative estimate of drug-likeness (QED) is 0.599. The van der Waals surface area contributed by atoms with E-state index in [4.69, 9.17) is 10.5 Å². The van der Waals surface area contributed by atoms with Crippen molar-refractivity contribution in [1.82, 2.24) is 9.97 Å². The van der Waals surface area contributed by atoms with Crippen molar-refractivity contribution in [2.24, 2.45) is 5.73 Å². The van der Waals surface area contributed by atoms with Crippen LogP contribution in [0.2, 0.25) is 0 Å². The largest absolute Gasteiger partial charge is 0.378 e. The van der Waals surface area contributed by atoms with Gasteiger partial charge in [-0.2, -0.15) is 0 Å². The Balaban J connectivity index is 2.07. The molecule has 0 radical (unpaired) electrons. The van der Waals surface area contributed by atoms with E-state index in [1.165, 1.54) is 0 Å². The highest BCUT2D eigenvalue weighted by Gasteiger charge is 1.91. The second-order valence-electron chi connectivity index (χ2n) is 2.40. The van der Waals surface area contributed by atoms with E-state index >= 15 is 0 Å². The molecule has 0 saturated heterocycles. The molecule has 0 amide bonds. The first kappa shape index (κ1) is 9.88. The molecule has 0 unspecified atom stereocenters. The average Bonchev–Trinajstić information content (AvgIpc) is 2.19. The van der Waals surface area contributed by atoms with Gasteiger partial charge < -0.3 is 15.8 Å². The molecule has 1 aromatic rings. The fourth-order valence-corrected chi connectivity index (χ4v) is 0.811. The smallest absolute Gasteiger partial charge is 0.222 e. The van der Waals surface area contributed by atoms with E-state index in [2.05, 4.69) is 15.3 Å². The maximum Gasteiger partial charge on any atom is 0.222 e. The van der Waals surface area contributed by atoms with E-state index in [-0.39, 0.29) is 0 Å². The summed E-state index contributed by atoms with van der Waals surface area (Å²) >= 11 is 0. The van der Waals surface area contributed by atoms with Gasteiger partial charge >= 0.3 is 0 Å². The first-order valence-corrected chi connectivity index (χ1v) is 4.22. The fourth-order valence-electron chi connectivity index (χ4n) is 0.811. The van der Waals surface area contributed by atoms with Crippen molar-refractivity contribution < 1.29 is 4.74 Å². The molecule has 3 N–H and O–H groups in total. The minimum Gasteiger partial charge on any atom is -0.378 e. The van der Waals surface area contributed by atoms with Crippen LogP contribution in [0, 0.1) is 0 Å². The van der Waals surface area contributed by atoms with Crippen LogP contribution in [-0.2, 0) is 4.74 Å². The number of hydrogen-bond donors (Lipinski definition) is 2. The van der Waals surface area contributed by atoms with Crippen molar-refractivity contribution in [2.45, 2.75) is 0 Å². The van der Waals surface area contributed by atoms with Gasteiger partial charge in [-0.25, -0.2) is 9.97 Å². The Kier molecular flexibility index (Phi) is 4.81. The van der Waals surface area contributed by atoms with Gasteiger partial charge in [-0.1, -0.05) is 0 Å². The van der Waals surface area contributed by atoms with Crippen LogP contribution in [0.4, 0.5) is 5.95 Å². The Morgan fingerprint density at radius 3 is 2.77 bits per heavy atom. The zero-order valence-electron chi connectivity index (χ0n) is 7.44. The van der Waals surface area contributed by atoms with Crippen LogP contribution in [0.1, 0.15) is 0 Å². The zero-order chi connectivity index (χ0) is 9.36. The van der Waals surface area contributed by atoms with Crippen LogP contribution in [0.15, 0.2) is 18.5 Å². The van der Waals surface area contributed by atoms with Crippen molar-refractivity contribution in [3.63, 3.8) is 0 Å². The molecular formula is C8H14N4O. The van der Waals surface area contributed by atoms with Crippen molar-refractivity contribution in [3.8, 4) is 0 Å². The van der Waals surface area contributed by atoms with E-state index < -0.39 is 0 Å². The number of aromatic nitrogens is 2. The highest BCUT2D eigenvalue weighted by atomic mass is 16.5. The number of ether oxygens (including phenoxy) is 1. The van der Waals surface area contributed by atoms with Crippen molar-refractivity contribution in [2.75, 3.05) is 31.6 Å². The van der Waals surface area contributed by atoms with E-state index in [9.17, 15) is 0 Å². The molecule has 13 heavy (non-hydrogen) atoms. The number of nitrogens with one attached hydrogen (secondary N) is 1. The summed E-state index contributed by atoms with van der Waals surface area (Å²) in [5.74, 6) is 0.624. The Morgan fingerprint density at radius 2 is 2.08 bits per heavy atom. The molecule has 0 aliphatic carbocycles. The van der Waals surface area contributed by atoms with Crippen LogP contribution in [0.3, 0.4) is 0 Å². The number of nitrogens with zero attached hydrogens (tertiary/aromatic N) is 2. The van der Waals surface area contributed by atoms with Gasteiger partial charge in [0.1, 0.15) is 0 Å². The SMILES string of the molecule is NCCOCCNc1ncccn1. The maximum absolute atomic E-state index is 5.25. The summed E-state index contributed by atoms with van der Waals surface area (Å²) in [7, 11) is 0. The van der Waals surface area contributed by atoms with Gasteiger partial charge in [0, 0.05) is 25.5 Å². The minimum absolute atomic E-state index is 0.557. The molecule has 0 aliphatic rings. The summed E-state index contributed by atoms with van der Waals surface area (Å²) in [5, 5.41) is 3.02. The molecule has 5 heteroatoms. The lowest BCUT2D eigenvalue weighted by Crippen LogP contribution is -2.15. The normalized spacial score (nSPS) is 9.92. The number of hydrogen-bond acceptors (Lipinski definition) is 5. The summed E-state index contributed by atoms with van der Waals surface area (Å²) in [6, 6.07) is 1.77. The van der Waals surface area contributed by atoms with Gasteiger partial charge in [0.2, 0.25) is 5.95 Å². The molecule has 0 bridgehead atoms. The van der Waals surface area contributed by atoms with Crippen LogP contribution in [-0.4, -0.2) is 36.3 Å². The van der Waals surface area contributed by atoms with Gasteiger partial charge in [-0.15, -0.1) is 0 Å². The molecule has 0 fully saturated rings. The molecule has 0 aliphatic heterocycles. The predicted octanol–water partition coefficient (Wildman–Crippen LogP) is -0.136. The third-order valence-electron chi connectivity index (χ3n) is 1.36. The van der Waals surface area contributed by atoms with Crippen LogP contribution >= 0.6 is 0 Å². The number of rotatable bonds is 6. The molecule has 1 aromatic heterocycles. The highest BCUT2D eigenvalue weighted by molar-refractivity contribution is 5.21. The van der Waals surface area contributed by atoms with Crippen LogP contribution in [0.5, 0.6) is 0 Å². The topological polar surface area (TPSA) is 73.1 Å². The van der Waals surface area contributed by atoms with Gasteiger partial charge in [0.25, 0.3) is 0 Å². The molecule has 72 valence electrons. The van der Waals surface area contributed by atoms with Gasteiger partial charge in [-0.3, -0.25) is 0 Å². The third-order valence-corrected chi connectivity index (χ3v) is 1.36. The molecule has 1 rings (SSSR count). The maximum atomic E-state index is 5.25. The van der Waals surface area contributed by atoms with E-state index in [1.54, 1.807) is 18.5 Å². The first-order valence-electron chi connectivity index (χ1n) is 4.22. The summed E-state index contributed by atoms with van der Waals surface area (Å²) in [4.78, 5) is 7.99. The Bertz CT molecular complexity index is 217. The zero-order valence-corrected chi connectivity index (χ0v) is 7.44. The molecular weight excluding hydrogens is 168 g/mol. The molecule has 0 atom stereocenters. The van der Waals surface area contributed by atoms with Gasteiger partial charge in [0.05, 0.1) is 13.2 Å². The first-order chi connectivity index (χ1) is 6.43. The Labute approximate surface area is 77.3 Å².